The van der Waals surface area contributed by atoms with Crippen LogP contribution in [0.25, 0.3) is 17.0 Å². The van der Waals surface area contributed by atoms with E-state index in [1.807, 2.05) is 0 Å². The molecule has 2 aromatic heterocycles. The zero-order chi connectivity index (χ0) is 15.0. The second kappa shape index (κ2) is 4.69. The highest BCUT2D eigenvalue weighted by Crippen LogP contribution is 2.30. The van der Waals surface area contributed by atoms with E-state index in [1.165, 1.54) is 12.1 Å². The molecule has 0 N–H and O–H groups in total. The summed E-state index contributed by atoms with van der Waals surface area (Å²) in [6, 6.07) is 7.80. The lowest BCUT2D eigenvalue weighted by Crippen LogP contribution is -2.04. The van der Waals surface area contributed by atoms with E-state index in [0.29, 0.717) is 28.9 Å². The van der Waals surface area contributed by atoms with E-state index in [0.717, 1.165) is 12.1 Å². The van der Waals surface area contributed by atoms with E-state index < -0.39 is 11.7 Å². The maximum atomic E-state index is 12.5. The Kier molecular flexibility index (Phi) is 2.97. The van der Waals surface area contributed by atoms with Crippen molar-refractivity contribution < 1.29 is 18.0 Å². The number of benzene rings is 1. The van der Waals surface area contributed by atoms with Crippen LogP contribution in [0, 0.1) is 0 Å². The maximum Gasteiger partial charge on any atom is 0.416 e. The number of nitrogens with zero attached hydrogens (tertiary/aromatic N) is 3. The predicted molar refractivity (Wildman–Crippen MR) is 68.8 cm³/mol. The third-order valence-corrected chi connectivity index (χ3v) is 3.04. The summed E-state index contributed by atoms with van der Waals surface area (Å²) in [7, 11) is 0. The minimum atomic E-state index is -4.37. The van der Waals surface area contributed by atoms with Gasteiger partial charge in [0.1, 0.15) is 6.29 Å². The second-order valence-corrected chi connectivity index (χ2v) is 4.40. The SMILES string of the molecule is O=Cc1ccn2c(-c3ccc(C(F)(F)F)cc3)nnc2c1. The molecule has 0 bridgehead atoms. The molecule has 0 fully saturated rings. The summed E-state index contributed by atoms with van der Waals surface area (Å²) in [6.07, 6.45) is -2.08. The molecule has 0 saturated heterocycles. The highest BCUT2D eigenvalue weighted by atomic mass is 19.4. The van der Waals surface area contributed by atoms with Crippen molar-refractivity contribution >= 4 is 11.9 Å². The van der Waals surface area contributed by atoms with E-state index in [1.54, 1.807) is 22.7 Å². The molecule has 21 heavy (non-hydrogen) atoms. The number of pyridine rings is 1. The molecule has 3 aromatic rings. The molecule has 0 atom stereocenters. The van der Waals surface area contributed by atoms with Gasteiger partial charge in [-0.3, -0.25) is 9.20 Å². The lowest BCUT2D eigenvalue weighted by atomic mass is 10.1. The van der Waals surface area contributed by atoms with Crippen molar-refractivity contribution in [1.29, 1.82) is 0 Å². The smallest absolute Gasteiger partial charge is 0.298 e. The Morgan fingerprint density at radius 3 is 2.38 bits per heavy atom. The van der Waals surface area contributed by atoms with Gasteiger partial charge in [-0.05, 0) is 24.3 Å². The standard InChI is InChI=1S/C14H8F3N3O/c15-14(16,17)11-3-1-10(2-4-11)13-19-18-12-7-9(8-21)5-6-20(12)13/h1-8H. The highest BCUT2D eigenvalue weighted by Gasteiger charge is 2.30. The van der Waals surface area contributed by atoms with Crippen molar-refractivity contribution in [2.75, 3.05) is 0 Å². The lowest BCUT2D eigenvalue weighted by molar-refractivity contribution is -0.137. The molecule has 0 radical (unpaired) electrons. The van der Waals surface area contributed by atoms with Crippen LogP contribution >= 0.6 is 0 Å². The lowest BCUT2D eigenvalue weighted by Gasteiger charge is -2.07. The summed E-state index contributed by atoms with van der Waals surface area (Å²) >= 11 is 0. The maximum absolute atomic E-state index is 12.5. The zero-order valence-corrected chi connectivity index (χ0v) is 10.5. The number of aromatic nitrogens is 3. The number of halogens is 3. The van der Waals surface area contributed by atoms with E-state index >= 15 is 0 Å². The number of hydrogen-bond acceptors (Lipinski definition) is 3. The first kappa shape index (κ1) is 13.3. The molecule has 3 rings (SSSR count). The number of carbonyl (C=O) groups is 1. The number of rotatable bonds is 2. The number of alkyl halides is 3. The van der Waals surface area contributed by atoms with Crippen LogP contribution in [-0.2, 0) is 6.18 Å². The van der Waals surface area contributed by atoms with Crippen LogP contribution in [0.3, 0.4) is 0 Å². The minimum absolute atomic E-state index is 0.413. The van der Waals surface area contributed by atoms with Crippen LogP contribution in [0.2, 0.25) is 0 Å². The fourth-order valence-corrected chi connectivity index (χ4v) is 1.99. The summed E-state index contributed by atoms with van der Waals surface area (Å²) in [6.45, 7) is 0. The first-order valence-corrected chi connectivity index (χ1v) is 5.96. The van der Waals surface area contributed by atoms with Gasteiger partial charge >= 0.3 is 6.18 Å². The number of fused-ring (bicyclic) bond motifs is 1. The van der Waals surface area contributed by atoms with Crippen LogP contribution in [0.1, 0.15) is 15.9 Å². The quantitative estimate of drug-likeness (QED) is 0.681. The predicted octanol–water partition coefficient (Wildman–Crippen LogP) is 3.23. The van der Waals surface area contributed by atoms with Crippen molar-refractivity contribution in [3.05, 3.63) is 53.7 Å². The Morgan fingerprint density at radius 2 is 1.76 bits per heavy atom. The molecule has 4 nitrogen and oxygen atoms in total. The number of aldehydes is 1. The van der Waals surface area contributed by atoms with Gasteiger partial charge in [-0.2, -0.15) is 13.2 Å². The van der Waals surface area contributed by atoms with Crippen molar-refractivity contribution in [3.63, 3.8) is 0 Å². The van der Waals surface area contributed by atoms with Gasteiger partial charge in [-0.1, -0.05) is 12.1 Å². The Hall–Kier alpha value is -2.70. The molecular formula is C14H8F3N3O. The van der Waals surface area contributed by atoms with Gasteiger partial charge in [0.25, 0.3) is 0 Å². The van der Waals surface area contributed by atoms with E-state index in [-0.39, 0.29) is 0 Å². The fourth-order valence-electron chi connectivity index (χ4n) is 1.99. The van der Waals surface area contributed by atoms with Crippen molar-refractivity contribution in [2.45, 2.75) is 6.18 Å². The molecule has 0 amide bonds. The molecular weight excluding hydrogens is 283 g/mol. The van der Waals surface area contributed by atoms with E-state index in [9.17, 15) is 18.0 Å². The molecule has 0 aliphatic heterocycles. The van der Waals surface area contributed by atoms with E-state index in [4.69, 9.17) is 0 Å². The Balaban J connectivity index is 2.06. The third-order valence-electron chi connectivity index (χ3n) is 3.04. The molecule has 0 saturated carbocycles. The molecule has 106 valence electrons. The van der Waals surface area contributed by atoms with Crippen LogP contribution in [0.15, 0.2) is 42.6 Å². The van der Waals surface area contributed by atoms with Crippen molar-refractivity contribution in [2.24, 2.45) is 0 Å². The number of carbonyl (C=O) groups excluding carboxylic acids is 1. The van der Waals surface area contributed by atoms with Crippen LogP contribution in [0.4, 0.5) is 13.2 Å². The summed E-state index contributed by atoms with van der Waals surface area (Å²) in [5.74, 6) is 0.413. The van der Waals surface area contributed by atoms with Gasteiger partial charge in [-0.25, -0.2) is 0 Å². The average Bonchev–Trinajstić information content (AvgIpc) is 2.89. The van der Waals surface area contributed by atoms with Gasteiger partial charge in [0.05, 0.1) is 5.56 Å². The Bertz CT molecular complexity index is 806. The summed E-state index contributed by atoms with van der Waals surface area (Å²) in [5, 5.41) is 7.86. The molecule has 0 aliphatic rings. The fraction of sp³-hybridized carbons (Fsp3) is 0.0714. The molecule has 0 unspecified atom stereocenters. The normalized spacial score (nSPS) is 11.8. The Labute approximate surface area is 116 Å². The first-order chi connectivity index (χ1) is 9.99. The summed E-state index contributed by atoms with van der Waals surface area (Å²) in [4.78, 5) is 10.7. The minimum Gasteiger partial charge on any atom is -0.298 e. The third kappa shape index (κ3) is 2.37. The first-order valence-electron chi connectivity index (χ1n) is 5.96. The van der Waals surface area contributed by atoms with Crippen LogP contribution < -0.4 is 0 Å². The topological polar surface area (TPSA) is 47.3 Å². The van der Waals surface area contributed by atoms with Gasteiger partial charge in [0, 0.05) is 17.3 Å². The van der Waals surface area contributed by atoms with Gasteiger partial charge in [0.15, 0.2) is 11.5 Å². The molecule has 0 aliphatic carbocycles. The summed E-state index contributed by atoms with van der Waals surface area (Å²) < 4.78 is 39.2. The van der Waals surface area contributed by atoms with Gasteiger partial charge in [-0.15, -0.1) is 10.2 Å². The molecule has 7 heteroatoms. The van der Waals surface area contributed by atoms with Gasteiger partial charge in [0.2, 0.25) is 0 Å². The van der Waals surface area contributed by atoms with Crippen LogP contribution in [-0.4, -0.2) is 20.9 Å². The van der Waals surface area contributed by atoms with Crippen molar-refractivity contribution in [3.8, 4) is 11.4 Å². The second-order valence-electron chi connectivity index (χ2n) is 4.40. The molecule has 0 spiro atoms. The highest BCUT2D eigenvalue weighted by molar-refractivity contribution is 5.77. The summed E-state index contributed by atoms with van der Waals surface area (Å²) in [5.41, 5.74) is 0.695. The van der Waals surface area contributed by atoms with E-state index in [2.05, 4.69) is 10.2 Å². The van der Waals surface area contributed by atoms with Crippen molar-refractivity contribution in [1.82, 2.24) is 14.6 Å². The number of hydrogen-bond donors (Lipinski definition) is 0. The van der Waals surface area contributed by atoms with Crippen LogP contribution in [0.5, 0.6) is 0 Å². The molecule has 1 aromatic carbocycles. The zero-order valence-electron chi connectivity index (χ0n) is 10.5. The van der Waals surface area contributed by atoms with Gasteiger partial charge < -0.3 is 0 Å². The monoisotopic (exact) mass is 291 g/mol. The average molecular weight is 291 g/mol. The molecule has 2 heterocycles. The largest absolute Gasteiger partial charge is 0.416 e. The Morgan fingerprint density at radius 1 is 1.05 bits per heavy atom.